The van der Waals surface area contributed by atoms with Crippen LogP contribution in [-0.4, -0.2) is 20.6 Å². The molecule has 134 valence electrons. The lowest BCUT2D eigenvalue weighted by Crippen LogP contribution is -2.30. The molecule has 5 nitrogen and oxygen atoms in total. The zero-order valence-corrected chi connectivity index (χ0v) is 15.3. The molecule has 0 radical (unpaired) electrons. The molecule has 0 amide bonds. The number of hydrogen-bond donors (Lipinski definition) is 1. The number of thiophene rings is 1. The molecule has 1 unspecified atom stereocenters. The Morgan fingerprint density at radius 1 is 1.04 bits per heavy atom. The van der Waals surface area contributed by atoms with E-state index in [9.17, 15) is 14.7 Å². The van der Waals surface area contributed by atoms with Crippen molar-refractivity contribution in [3.63, 3.8) is 0 Å². The summed E-state index contributed by atoms with van der Waals surface area (Å²) in [7, 11) is 0. The highest BCUT2D eigenvalue weighted by Gasteiger charge is 2.24. The van der Waals surface area contributed by atoms with Gasteiger partial charge in [-0.05, 0) is 12.5 Å². The number of aromatic nitrogens is 2. The van der Waals surface area contributed by atoms with E-state index in [0.717, 1.165) is 11.1 Å². The van der Waals surface area contributed by atoms with Crippen molar-refractivity contribution in [3.8, 4) is 22.5 Å². The Morgan fingerprint density at radius 2 is 1.63 bits per heavy atom. The Kier molecular flexibility index (Phi) is 4.33. The van der Waals surface area contributed by atoms with Gasteiger partial charge in [0.2, 0.25) is 0 Å². The maximum atomic E-state index is 13.4. The molecule has 4 rings (SSSR count). The Hall–Kier alpha value is -3.25. The standard InChI is InChI=1S/C21H16N2O3S/c1-13(21(25)26)23-18(15-10-6-3-7-11-15)22-19-17(20(23)24)16(12-27-19)14-8-4-2-5-9-14/h2-13H,1H3,(H,25,26). The first-order chi connectivity index (χ1) is 13.1. The van der Waals surface area contributed by atoms with Crippen molar-refractivity contribution in [2.45, 2.75) is 13.0 Å². The maximum absolute atomic E-state index is 13.4. The van der Waals surface area contributed by atoms with Gasteiger partial charge in [0.1, 0.15) is 16.7 Å². The topological polar surface area (TPSA) is 72.2 Å². The summed E-state index contributed by atoms with van der Waals surface area (Å²) in [5.74, 6) is -0.712. The molecule has 2 aromatic carbocycles. The average Bonchev–Trinajstić information content (AvgIpc) is 3.13. The molecule has 6 heteroatoms. The zero-order chi connectivity index (χ0) is 19.0. The molecule has 2 aromatic heterocycles. The molecule has 1 N–H and O–H groups in total. The third-order valence-corrected chi connectivity index (χ3v) is 5.37. The molecule has 2 heterocycles. The minimum absolute atomic E-state index is 0.339. The lowest BCUT2D eigenvalue weighted by Gasteiger charge is -2.16. The summed E-state index contributed by atoms with van der Waals surface area (Å²) in [6.07, 6.45) is 0. The lowest BCUT2D eigenvalue weighted by molar-refractivity contribution is -0.140. The van der Waals surface area contributed by atoms with E-state index in [1.165, 1.54) is 22.8 Å². The predicted octanol–water partition coefficient (Wildman–Crippen LogP) is 4.44. The smallest absolute Gasteiger partial charge is 0.326 e. The number of hydrogen-bond acceptors (Lipinski definition) is 4. The van der Waals surface area contributed by atoms with E-state index < -0.39 is 12.0 Å². The molecular weight excluding hydrogens is 360 g/mol. The van der Waals surface area contributed by atoms with Gasteiger partial charge >= 0.3 is 5.97 Å². The minimum atomic E-state index is -1.08. The van der Waals surface area contributed by atoms with Crippen LogP contribution in [0.3, 0.4) is 0 Å². The first-order valence-corrected chi connectivity index (χ1v) is 9.33. The Labute approximate surface area is 159 Å². The highest BCUT2D eigenvalue weighted by Crippen LogP contribution is 2.33. The number of nitrogens with zero attached hydrogens (tertiary/aromatic N) is 2. The molecule has 0 aliphatic rings. The summed E-state index contributed by atoms with van der Waals surface area (Å²) in [6, 6.07) is 17.7. The van der Waals surface area contributed by atoms with E-state index in [2.05, 4.69) is 4.98 Å². The number of carboxylic acid groups (broad SMARTS) is 1. The first kappa shape index (κ1) is 17.2. The molecule has 27 heavy (non-hydrogen) atoms. The van der Waals surface area contributed by atoms with Crippen LogP contribution in [0.25, 0.3) is 32.7 Å². The average molecular weight is 376 g/mol. The van der Waals surface area contributed by atoms with Gasteiger partial charge in [-0.2, -0.15) is 0 Å². The fourth-order valence-electron chi connectivity index (χ4n) is 3.09. The van der Waals surface area contributed by atoms with Gasteiger partial charge < -0.3 is 5.11 Å². The van der Waals surface area contributed by atoms with Crippen LogP contribution < -0.4 is 5.56 Å². The van der Waals surface area contributed by atoms with Crippen LogP contribution in [0.2, 0.25) is 0 Å². The summed E-state index contributed by atoms with van der Waals surface area (Å²) in [6.45, 7) is 1.50. The van der Waals surface area contributed by atoms with Gasteiger partial charge in [0, 0.05) is 16.5 Å². The van der Waals surface area contributed by atoms with Gasteiger partial charge in [0.25, 0.3) is 5.56 Å². The highest BCUT2D eigenvalue weighted by molar-refractivity contribution is 7.17. The van der Waals surface area contributed by atoms with Gasteiger partial charge in [0.15, 0.2) is 0 Å². The second kappa shape index (κ2) is 6.81. The third kappa shape index (κ3) is 2.94. The van der Waals surface area contributed by atoms with Crippen LogP contribution in [0.5, 0.6) is 0 Å². The summed E-state index contributed by atoms with van der Waals surface area (Å²) in [5.41, 5.74) is 2.05. The number of carbonyl (C=O) groups is 1. The number of fused-ring (bicyclic) bond motifs is 1. The van der Waals surface area contributed by atoms with Crippen molar-refractivity contribution in [2.75, 3.05) is 0 Å². The van der Waals surface area contributed by atoms with Gasteiger partial charge in [-0.15, -0.1) is 11.3 Å². The molecular formula is C21H16N2O3S. The van der Waals surface area contributed by atoms with E-state index in [1.807, 2.05) is 66.0 Å². The van der Waals surface area contributed by atoms with Gasteiger partial charge in [-0.25, -0.2) is 9.78 Å². The van der Waals surface area contributed by atoms with E-state index in [1.54, 1.807) is 0 Å². The molecule has 4 aromatic rings. The molecule has 0 aliphatic heterocycles. The van der Waals surface area contributed by atoms with Gasteiger partial charge in [-0.1, -0.05) is 60.7 Å². The molecule has 1 atom stereocenters. The molecule has 0 saturated carbocycles. The summed E-state index contributed by atoms with van der Waals surface area (Å²) >= 11 is 1.39. The van der Waals surface area contributed by atoms with Crippen LogP contribution in [0.15, 0.2) is 70.8 Å². The monoisotopic (exact) mass is 376 g/mol. The van der Waals surface area contributed by atoms with E-state index in [0.29, 0.717) is 21.6 Å². The molecule has 0 spiro atoms. The fourth-order valence-corrected chi connectivity index (χ4v) is 4.03. The van der Waals surface area contributed by atoms with Crippen molar-refractivity contribution < 1.29 is 9.90 Å². The van der Waals surface area contributed by atoms with E-state index >= 15 is 0 Å². The number of rotatable bonds is 4. The Morgan fingerprint density at radius 3 is 2.22 bits per heavy atom. The lowest BCUT2D eigenvalue weighted by atomic mass is 10.1. The summed E-state index contributed by atoms with van der Waals surface area (Å²) in [5, 5.41) is 11.9. The number of benzene rings is 2. The van der Waals surface area contributed by atoms with E-state index in [-0.39, 0.29) is 5.56 Å². The summed E-state index contributed by atoms with van der Waals surface area (Å²) < 4.78 is 1.28. The largest absolute Gasteiger partial charge is 0.480 e. The van der Waals surface area contributed by atoms with E-state index in [4.69, 9.17) is 0 Å². The van der Waals surface area contributed by atoms with Gasteiger partial charge in [0.05, 0.1) is 5.39 Å². The fraction of sp³-hybridized carbons (Fsp3) is 0.0952. The number of aliphatic carboxylic acids is 1. The molecule has 0 saturated heterocycles. The van der Waals surface area contributed by atoms with Crippen molar-refractivity contribution in [3.05, 3.63) is 76.4 Å². The SMILES string of the molecule is CC(C(=O)O)n1c(-c2ccccc2)nc2scc(-c3ccccc3)c2c1=O. The number of carboxylic acids is 1. The molecule has 0 bridgehead atoms. The van der Waals surface area contributed by atoms with Crippen molar-refractivity contribution in [1.82, 2.24) is 9.55 Å². The Bertz CT molecular complexity index is 1180. The predicted molar refractivity (Wildman–Crippen MR) is 107 cm³/mol. The van der Waals surface area contributed by atoms with Crippen LogP contribution >= 0.6 is 11.3 Å². The van der Waals surface area contributed by atoms with Crippen molar-refractivity contribution in [1.29, 1.82) is 0 Å². The van der Waals surface area contributed by atoms with Crippen LogP contribution in [0, 0.1) is 0 Å². The van der Waals surface area contributed by atoms with Crippen LogP contribution in [-0.2, 0) is 4.79 Å². The second-order valence-electron chi connectivity index (χ2n) is 6.19. The van der Waals surface area contributed by atoms with Crippen LogP contribution in [0.1, 0.15) is 13.0 Å². The molecule has 0 fully saturated rings. The zero-order valence-electron chi connectivity index (χ0n) is 14.5. The van der Waals surface area contributed by atoms with Crippen LogP contribution in [0.4, 0.5) is 0 Å². The quantitative estimate of drug-likeness (QED) is 0.572. The highest BCUT2D eigenvalue weighted by atomic mass is 32.1. The van der Waals surface area contributed by atoms with Crippen molar-refractivity contribution in [2.24, 2.45) is 0 Å². The normalized spacial score (nSPS) is 12.2. The Balaban J connectivity index is 2.07. The first-order valence-electron chi connectivity index (χ1n) is 8.45. The van der Waals surface area contributed by atoms with Gasteiger partial charge in [-0.3, -0.25) is 9.36 Å². The van der Waals surface area contributed by atoms with Crippen molar-refractivity contribution >= 4 is 27.5 Å². The second-order valence-corrected chi connectivity index (χ2v) is 7.04. The third-order valence-electron chi connectivity index (χ3n) is 4.50. The maximum Gasteiger partial charge on any atom is 0.326 e. The molecule has 0 aliphatic carbocycles. The minimum Gasteiger partial charge on any atom is -0.480 e. The summed E-state index contributed by atoms with van der Waals surface area (Å²) in [4.78, 5) is 30.3.